The van der Waals surface area contributed by atoms with Gasteiger partial charge in [-0.2, -0.15) is 9.29 Å². The maximum absolute atomic E-state index is 12.6. The lowest BCUT2D eigenvalue weighted by atomic mass is 10.2. The van der Waals surface area contributed by atoms with Crippen LogP contribution in [0.5, 0.6) is 0 Å². The number of aromatic nitrogens is 3. The monoisotopic (exact) mass is 362 g/mol. The molecule has 0 fully saturated rings. The molecule has 24 heavy (non-hydrogen) atoms. The summed E-state index contributed by atoms with van der Waals surface area (Å²) in [5.74, 6) is 0.529. The van der Waals surface area contributed by atoms with Crippen LogP contribution in [0.15, 0.2) is 52.0 Å². The molecule has 3 aromatic rings. The molecule has 0 radical (unpaired) electrons. The molecule has 4 rings (SSSR count). The summed E-state index contributed by atoms with van der Waals surface area (Å²) in [6.45, 7) is 0.216. The second-order valence-corrected chi connectivity index (χ2v) is 7.59. The Balaban J connectivity index is 1.60. The number of benzene rings is 1. The molecule has 1 aliphatic heterocycles. The maximum Gasteiger partial charge on any atom is 0.244 e. The average Bonchev–Trinajstić information content (AvgIpc) is 3.12. The van der Waals surface area contributed by atoms with Crippen molar-refractivity contribution in [3.05, 3.63) is 59.1 Å². The summed E-state index contributed by atoms with van der Waals surface area (Å²) in [7, 11) is -3.59. The van der Waals surface area contributed by atoms with Crippen molar-refractivity contribution in [2.24, 2.45) is 0 Å². The van der Waals surface area contributed by atoms with Crippen molar-refractivity contribution in [3.8, 4) is 11.5 Å². The lowest BCUT2D eigenvalue weighted by molar-refractivity contribution is 0.318. The molecule has 0 N–H and O–H groups in total. The fraction of sp³-hybridized carbons (Fsp3) is 0.133. The second-order valence-electron chi connectivity index (χ2n) is 5.25. The number of halogens is 1. The first-order chi connectivity index (χ1) is 11.5. The molecular weight excluding hydrogens is 352 g/mol. The third-order valence-electron chi connectivity index (χ3n) is 3.66. The minimum absolute atomic E-state index is 0.00549. The van der Waals surface area contributed by atoms with Gasteiger partial charge in [-0.25, -0.2) is 8.42 Å². The summed E-state index contributed by atoms with van der Waals surface area (Å²) in [6, 6.07) is 10.1. The van der Waals surface area contributed by atoms with Crippen LogP contribution in [0, 0.1) is 0 Å². The van der Waals surface area contributed by atoms with Crippen LogP contribution in [0.3, 0.4) is 0 Å². The van der Waals surface area contributed by atoms with E-state index in [0.29, 0.717) is 22.1 Å². The number of fused-ring (bicyclic) bond motifs is 1. The SMILES string of the molecule is O=S1(=O)c2ccc(Cl)cc2CN1Cc1nc(-c2ccccn2)no1. The topological polar surface area (TPSA) is 89.2 Å². The molecule has 0 saturated carbocycles. The van der Waals surface area contributed by atoms with Gasteiger partial charge in [0.2, 0.25) is 21.7 Å². The fourth-order valence-corrected chi connectivity index (χ4v) is 4.30. The molecule has 0 amide bonds. The van der Waals surface area contributed by atoms with Crippen molar-refractivity contribution in [2.75, 3.05) is 0 Å². The maximum atomic E-state index is 12.6. The van der Waals surface area contributed by atoms with Crippen LogP contribution in [0.2, 0.25) is 5.02 Å². The fourth-order valence-electron chi connectivity index (χ4n) is 2.55. The Morgan fingerprint density at radius 1 is 1.25 bits per heavy atom. The normalized spacial score (nSPS) is 16.2. The number of nitrogens with zero attached hydrogens (tertiary/aromatic N) is 4. The predicted octanol–water partition coefficient (Wildman–Crippen LogP) is 2.49. The number of rotatable bonds is 3. The summed E-state index contributed by atoms with van der Waals surface area (Å²) in [5.41, 5.74) is 1.22. The van der Waals surface area contributed by atoms with E-state index >= 15 is 0 Å². The van der Waals surface area contributed by atoms with E-state index in [1.807, 2.05) is 6.07 Å². The molecule has 2 aromatic heterocycles. The van der Waals surface area contributed by atoms with Crippen molar-refractivity contribution < 1.29 is 12.9 Å². The van der Waals surface area contributed by atoms with E-state index in [1.54, 1.807) is 30.5 Å². The number of pyridine rings is 1. The van der Waals surface area contributed by atoms with E-state index in [9.17, 15) is 8.42 Å². The Morgan fingerprint density at radius 2 is 2.12 bits per heavy atom. The van der Waals surface area contributed by atoms with Crippen LogP contribution in [-0.2, 0) is 23.1 Å². The van der Waals surface area contributed by atoms with Crippen LogP contribution in [-0.4, -0.2) is 27.8 Å². The summed E-state index contributed by atoms with van der Waals surface area (Å²) in [4.78, 5) is 8.61. The third kappa shape index (κ3) is 2.58. The van der Waals surface area contributed by atoms with Gasteiger partial charge in [-0.3, -0.25) is 4.98 Å². The van der Waals surface area contributed by atoms with E-state index in [1.165, 1.54) is 10.4 Å². The van der Waals surface area contributed by atoms with Crippen LogP contribution < -0.4 is 0 Å². The summed E-state index contributed by atoms with van der Waals surface area (Å²) in [6.07, 6.45) is 1.62. The molecule has 0 saturated heterocycles. The zero-order chi connectivity index (χ0) is 16.7. The molecule has 0 unspecified atom stereocenters. The predicted molar refractivity (Wildman–Crippen MR) is 85.4 cm³/mol. The first-order valence-electron chi connectivity index (χ1n) is 7.06. The van der Waals surface area contributed by atoms with Crippen molar-refractivity contribution in [1.29, 1.82) is 0 Å². The molecule has 0 atom stereocenters. The third-order valence-corrected chi connectivity index (χ3v) is 5.79. The number of hydrogen-bond acceptors (Lipinski definition) is 6. The molecular formula is C15H11ClN4O3S. The van der Waals surface area contributed by atoms with E-state index < -0.39 is 10.0 Å². The molecule has 0 bridgehead atoms. The molecule has 122 valence electrons. The lowest BCUT2D eigenvalue weighted by Crippen LogP contribution is -2.23. The van der Waals surface area contributed by atoms with E-state index in [4.69, 9.17) is 16.1 Å². The zero-order valence-electron chi connectivity index (χ0n) is 12.3. The van der Waals surface area contributed by atoms with Gasteiger partial charge in [0, 0.05) is 17.8 Å². The quantitative estimate of drug-likeness (QED) is 0.711. The Bertz CT molecular complexity index is 1000. The van der Waals surface area contributed by atoms with Crippen molar-refractivity contribution >= 4 is 21.6 Å². The van der Waals surface area contributed by atoms with Gasteiger partial charge < -0.3 is 4.52 Å². The highest BCUT2D eigenvalue weighted by Gasteiger charge is 2.35. The molecule has 1 aromatic carbocycles. The molecule has 0 spiro atoms. The first-order valence-corrected chi connectivity index (χ1v) is 8.88. The van der Waals surface area contributed by atoms with Crippen molar-refractivity contribution in [3.63, 3.8) is 0 Å². The van der Waals surface area contributed by atoms with Gasteiger partial charge in [0.05, 0.1) is 11.4 Å². The smallest absolute Gasteiger partial charge is 0.244 e. The highest BCUT2D eigenvalue weighted by atomic mass is 35.5. The Labute approximate surface area is 142 Å². The van der Waals surface area contributed by atoms with E-state index in [-0.39, 0.29) is 23.9 Å². The highest BCUT2D eigenvalue weighted by molar-refractivity contribution is 7.89. The standard InChI is InChI=1S/C15H11ClN4O3S/c16-11-4-5-13-10(7-11)8-20(24(13,21)22)9-14-18-15(19-23-14)12-3-1-2-6-17-12/h1-7H,8-9H2. The van der Waals surface area contributed by atoms with Crippen LogP contribution in [0.25, 0.3) is 11.5 Å². The van der Waals surface area contributed by atoms with Crippen LogP contribution in [0.1, 0.15) is 11.5 Å². The Hall–Kier alpha value is -2.29. The number of hydrogen-bond donors (Lipinski definition) is 0. The summed E-state index contributed by atoms with van der Waals surface area (Å²) >= 11 is 5.93. The van der Waals surface area contributed by atoms with E-state index in [2.05, 4.69) is 15.1 Å². The molecule has 1 aliphatic rings. The van der Waals surface area contributed by atoms with Gasteiger partial charge in [0.15, 0.2) is 0 Å². The average molecular weight is 363 g/mol. The van der Waals surface area contributed by atoms with Gasteiger partial charge in [0.1, 0.15) is 5.69 Å². The van der Waals surface area contributed by atoms with Gasteiger partial charge in [0.25, 0.3) is 0 Å². The summed E-state index contributed by atoms with van der Waals surface area (Å²) in [5, 5.41) is 4.35. The Morgan fingerprint density at radius 3 is 2.92 bits per heavy atom. The van der Waals surface area contributed by atoms with E-state index in [0.717, 1.165) is 0 Å². The first kappa shape index (κ1) is 15.3. The molecule has 9 heteroatoms. The largest absolute Gasteiger partial charge is 0.337 e. The van der Waals surface area contributed by atoms with Crippen LogP contribution in [0.4, 0.5) is 0 Å². The highest BCUT2D eigenvalue weighted by Crippen LogP contribution is 2.33. The lowest BCUT2D eigenvalue weighted by Gasteiger charge is -2.10. The van der Waals surface area contributed by atoms with Crippen LogP contribution >= 0.6 is 11.6 Å². The molecule has 0 aliphatic carbocycles. The van der Waals surface area contributed by atoms with Gasteiger partial charge >= 0.3 is 0 Å². The van der Waals surface area contributed by atoms with Gasteiger partial charge in [-0.15, -0.1) is 0 Å². The molecule has 3 heterocycles. The van der Waals surface area contributed by atoms with Gasteiger partial charge in [-0.1, -0.05) is 22.8 Å². The van der Waals surface area contributed by atoms with Gasteiger partial charge in [-0.05, 0) is 35.9 Å². The second kappa shape index (κ2) is 5.66. The minimum Gasteiger partial charge on any atom is -0.337 e. The van der Waals surface area contributed by atoms with Crippen molar-refractivity contribution in [1.82, 2.24) is 19.4 Å². The van der Waals surface area contributed by atoms with Crippen molar-refractivity contribution in [2.45, 2.75) is 18.0 Å². The number of sulfonamides is 1. The minimum atomic E-state index is -3.59. The Kier molecular flexibility index (Phi) is 3.60. The summed E-state index contributed by atoms with van der Waals surface area (Å²) < 4.78 is 31.6. The molecule has 7 nitrogen and oxygen atoms in total. The zero-order valence-corrected chi connectivity index (χ0v) is 13.8.